The second-order valence-electron chi connectivity index (χ2n) is 4.86. The van der Waals surface area contributed by atoms with E-state index in [0.717, 1.165) is 16.9 Å². The predicted octanol–water partition coefficient (Wildman–Crippen LogP) is 5.06. The average Bonchev–Trinajstić information content (AvgIpc) is 2.45. The van der Waals surface area contributed by atoms with Crippen LogP contribution >= 0.6 is 11.8 Å². The Labute approximate surface area is 125 Å². The maximum Gasteiger partial charge on any atom is 0.0385 e. The molecule has 0 saturated heterocycles. The molecule has 0 amide bonds. The van der Waals surface area contributed by atoms with Gasteiger partial charge in [-0.3, -0.25) is 0 Å². The summed E-state index contributed by atoms with van der Waals surface area (Å²) in [5, 5.41) is 0. The first-order chi connectivity index (χ1) is 9.65. The van der Waals surface area contributed by atoms with Crippen LogP contribution < -0.4 is 0 Å². The summed E-state index contributed by atoms with van der Waals surface area (Å²) >= 11 is 1.79. The van der Waals surface area contributed by atoms with Gasteiger partial charge in [0.15, 0.2) is 0 Å². The summed E-state index contributed by atoms with van der Waals surface area (Å²) in [6.07, 6.45) is 0. The zero-order chi connectivity index (χ0) is 14.4. The summed E-state index contributed by atoms with van der Waals surface area (Å²) in [5.74, 6) is 7.44. The third kappa shape index (κ3) is 4.33. The topological polar surface area (TPSA) is 0 Å². The minimum atomic E-state index is 0.934. The summed E-state index contributed by atoms with van der Waals surface area (Å²) < 4.78 is 0. The van der Waals surface area contributed by atoms with Gasteiger partial charge in [-0.2, -0.15) is 0 Å². The molecule has 0 nitrogen and oxygen atoms in total. The van der Waals surface area contributed by atoms with Gasteiger partial charge >= 0.3 is 0 Å². The van der Waals surface area contributed by atoms with Crippen LogP contribution in [0.1, 0.15) is 23.6 Å². The van der Waals surface area contributed by atoms with Crippen molar-refractivity contribution in [1.82, 2.24) is 0 Å². The van der Waals surface area contributed by atoms with Crippen LogP contribution in [0.5, 0.6) is 0 Å². The molecule has 0 aliphatic carbocycles. The molecule has 0 unspecified atom stereocenters. The van der Waals surface area contributed by atoms with Crippen molar-refractivity contribution in [3.8, 4) is 11.8 Å². The van der Waals surface area contributed by atoms with Crippen LogP contribution in [-0.4, -0.2) is 5.75 Å². The number of benzene rings is 2. The Bertz CT molecular complexity index is 654. The van der Waals surface area contributed by atoms with Crippen molar-refractivity contribution in [2.24, 2.45) is 0 Å². The summed E-state index contributed by atoms with van der Waals surface area (Å²) in [6.45, 7) is 8.08. The van der Waals surface area contributed by atoms with Crippen LogP contribution in [-0.2, 0) is 0 Å². The maximum absolute atomic E-state index is 3.94. The molecular formula is C19H18S. The molecule has 0 aromatic heterocycles. The van der Waals surface area contributed by atoms with E-state index in [9.17, 15) is 0 Å². The van der Waals surface area contributed by atoms with Gasteiger partial charge in [0, 0.05) is 21.8 Å². The van der Waals surface area contributed by atoms with Crippen LogP contribution in [0.2, 0.25) is 0 Å². The van der Waals surface area contributed by atoms with E-state index in [0.29, 0.717) is 0 Å². The van der Waals surface area contributed by atoms with Crippen molar-refractivity contribution < 1.29 is 0 Å². The van der Waals surface area contributed by atoms with E-state index < -0.39 is 0 Å². The fraction of sp³-hybridized carbons (Fsp3) is 0.158. The van der Waals surface area contributed by atoms with Crippen LogP contribution in [0.25, 0.3) is 0 Å². The molecule has 0 atom stereocenters. The van der Waals surface area contributed by atoms with Crippen molar-refractivity contribution in [2.75, 3.05) is 5.75 Å². The van der Waals surface area contributed by atoms with Crippen LogP contribution in [0, 0.1) is 18.8 Å². The first-order valence-electron chi connectivity index (χ1n) is 6.60. The summed E-state index contributed by atoms with van der Waals surface area (Å²) in [6, 6.07) is 16.6. The predicted molar refractivity (Wildman–Crippen MR) is 89.1 cm³/mol. The van der Waals surface area contributed by atoms with Gasteiger partial charge in [-0.25, -0.2) is 0 Å². The van der Waals surface area contributed by atoms with E-state index in [-0.39, 0.29) is 0 Å². The normalized spacial score (nSPS) is 9.70. The standard InChI is InChI=1S/C19H18S/c1-15(2)14-20-19-7-5-4-6-18(19)13-12-17-10-8-16(3)9-11-17/h4-11H,1,14H2,2-3H3. The van der Waals surface area contributed by atoms with Crippen LogP contribution in [0.15, 0.2) is 65.6 Å². The smallest absolute Gasteiger partial charge is 0.0385 e. The fourth-order valence-corrected chi connectivity index (χ4v) is 2.52. The highest BCUT2D eigenvalue weighted by Crippen LogP contribution is 2.23. The quantitative estimate of drug-likeness (QED) is 0.429. The largest absolute Gasteiger partial charge is 0.120 e. The van der Waals surface area contributed by atoms with Crippen molar-refractivity contribution in [3.63, 3.8) is 0 Å². The third-order valence-electron chi connectivity index (χ3n) is 2.75. The zero-order valence-corrected chi connectivity index (χ0v) is 12.8. The molecule has 0 bridgehead atoms. The van der Waals surface area contributed by atoms with Gasteiger partial charge in [0.05, 0.1) is 0 Å². The molecule has 20 heavy (non-hydrogen) atoms. The Morgan fingerprint density at radius 1 is 1.05 bits per heavy atom. The van der Waals surface area contributed by atoms with Crippen LogP contribution in [0.4, 0.5) is 0 Å². The SMILES string of the molecule is C=C(C)CSc1ccccc1C#Cc1ccc(C)cc1. The zero-order valence-electron chi connectivity index (χ0n) is 11.9. The van der Waals surface area contributed by atoms with Crippen molar-refractivity contribution in [3.05, 3.63) is 77.4 Å². The lowest BCUT2D eigenvalue weighted by atomic mass is 10.1. The highest BCUT2D eigenvalue weighted by molar-refractivity contribution is 7.99. The number of hydrogen-bond acceptors (Lipinski definition) is 1. The van der Waals surface area contributed by atoms with Gasteiger partial charge < -0.3 is 0 Å². The second kappa shape index (κ2) is 7.03. The van der Waals surface area contributed by atoms with E-state index >= 15 is 0 Å². The fourth-order valence-electron chi connectivity index (χ4n) is 1.67. The molecule has 1 heteroatoms. The highest BCUT2D eigenvalue weighted by Gasteiger charge is 1.99. The van der Waals surface area contributed by atoms with Gasteiger partial charge in [0.25, 0.3) is 0 Å². The molecule has 0 saturated carbocycles. The van der Waals surface area contributed by atoms with E-state index in [1.807, 2.05) is 13.0 Å². The molecule has 0 aliphatic rings. The summed E-state index contributed by atoms with van der Waals surface area (Å²) in [4.78, 5) is 1.22. The number of thioether (sulfide) groups is 1. The summed E-state index contributed by atoms with van der Waals surface area (Å²) in [7, 11) is 0. The van der Waals surface area contributed by atoms with Crippen molar-refractivity contribution >= 4 is 11.8 Å². The molecule has 0 radical (unpaired) electrons. The maximum atomic E-state index is 3.94. The lowest BCUT2D eigenvalue weighted by Gasteiger charge is -2.03. The molecule has 0 fully saturated rings. The Hall–Kier alpha value is -1.91. The lowest BCUT2D eigenvalue weighted by Crippen LogP contribution is -1.84. The Balaban J connectivity index is 2.21. The lowest BCUT2D eigenvalue weighted by molar-refractivity contribution is 1.38. The third-order valence-corrected chi connectivity index (χ3v) is 4.06. The molecule has 0 N–H and O–H groups in total. The Morgan fingerprint density at radius 2 is 1.75 bits per heavy atom. The van der Waals surface area contributed by atoms with Gasteiger partial charge in [-0.1, -0.05) is 53.8 Å². The second-order valence-corrected chi connectivity index (χ2v) is 5.88. The van der Waals surface area contributed by atoms with E-state index in [1.54, 1.807) is 11.8 Å². The molecular weight excluding hydrogens is 260 g/mol. The Kier molecular flexibility index (Phi) is 5.09. The Morgan fingerprint density at radius 3 is 2.45 bits per heavy atom. The number of rotatable bonds is 3. The highest BCUT2D eigenvalue weighted by atomic mass is 32.2. The average molecular weight is 278 g/mol. The minimum Gasteiger partial charge on any atom is -0.120 e. The first kappa shape index (κ1) is 14.5. The van der Waals surface area contributed by atoms with Crippen molar-refractivity contribution in [2.45, 2.75) is 18.7 Å². The molecule has 100 valence electrons. The van der Waals surface area contributed by atoms with Gasteiger partial charge in [0.1, 0.15) is 0 Å². The minimum absolute atomic E-state index is 0.934. The molecule has 0 heterocycles. The molecule has 2 aromatic rings. The molecule has 0 aliphatic heterocycles. The molecule has 2 rings (SSSR count). The van der Waals surface area contributed by atoms with Gasteiger partial charge in [-0.15, -0.1) is 11.8 Å². The van der Waals surface area contributed by atoms with E-state index in [4.69, 9.17) is 0 Å². The number of hydrogen-bond donors (Lipinski definition) is 0. The molecule has 2 aromatic carbocycles. The number of aryl methyl sites for hydroxylation is 1. The van der Waals surface area contributed by atoms with Crippen LogP contribution in [0.3, 0.4) is 0 Å². The van der Waals surface area contributed by atoms with E-state index in [1.165, 1.54) is 16.0 Å². The van der Waals surface area contributed by atoms with Gasteiger partial charge in [0.2, 0.25) is 0 Å². The van der Waals surface area contributed by atoms with E-state index in [2.05, 4.69) is 67.8 Å². The van der Waals surface area contributed by atoms with Crippen molar-refractivity contribution in [1.29, 1.82) is 0 Å². The summed E-state index contributed by atoms with van der Waals surface area (Å²) in [5.41, 5.74) is 4.57. The monoisotopic (exact) mass is 278 g/mol. The molecule has 0 spiro atoms. The van der Waals surface area contributed by atoms with Gasteiger partial charge in [-0.05, 0) is 38.1 Å². The first-order valence-corrected chi connectivity index (χ1v) is 7.58.